The Morgan fingerprint density at radius 1 is 1.26 bits per heavy atom. The number of rotatable bonds is 4. The number of amides is 1. The molecule has 0 aliphatic heterocycles. The molecule has 1 heterocycles. The van der Waals surface area contributed by atoms with Crippen LogP contribution in [-0.4, -0.2) is 16.9 Å². The van der Waals surface area contributed by atoms with Crippen LogP contribution in [0.15, 0.2) is 29.6 Å². The molecule has 3 rings (SSSR count). The summed E-state index contributed by atoms with van der Waals surface area (Å²) in [6.45, 7) is 0. The van der Waals surface area contributed by atoms with Crippen molar-refractivity contribution >= 4 is 27.9 Å². The van der Waals surface area contributed by atoms with E-state index in [2.05, 4.69) is 5.32 Å². The van der Waals surface area contributed by atoms with E-state index < -0.39 is 4.92 Å². The Kier molecular flexibility index (Phi) is 4.29. The third-order valence-electron chi connectivity index (χ3n) is 4.13. The number of anilines is 1. The quantitative estimate of drug-likeness (QED) is 0.661. The summed E-state index contributed by atoms with van der Waals surface area (Å²) < 4.78 is 0. The van der Waals surface area contributed by atoms with Gasteiger partial charge in [-0.2, -0.15) is 0 Å². The molecule has 6 nitrogen and oxygen atoms in total. The van der Waals surface area contributed by atoms with Crippen molar-refractivity contribution in [1.29, 1.82) is 0 Å². The van der Waals surface area contributed by atoms with Gasteiger partial charge in [0.25, 0.3) is 11.6 Å². The topological polar surface area (TPSA) is 98.3 Å². The van der Waals surface area contributed by atoms with Gasteiger partial charge < -0.3 is 11.1 Å². The van der Waals surface area contributed by atoms with Crippen molar-refractivity contribution in [1.82, 2.24) is 5.32 Å². The summed E-state index contributed by atoms with van der Waals surface area (Å²) in [5, 5.41) is 16.1. The minimum atomic E-state index is -0.445. The molecule has 0 saturated heterocycles. The molecule has 0 bridgehead atoms. The maximum absolute atomic E-state index is 12.6. The van der Waals surface area contributed by atoms with Gasteiger partial charge in [0.2, 0.25) is 0 Å². The number of nitrogens with two attached hydrogens (primary N) is 1. The maximum Gasteiger partial charge on any atom is 0.269 e. The molecule has 120 valence electrons. The number of benzene rings is 1. The van der Waals surface area contributed by atoms with Gasteiger partial charge >= 0.3 is 0 Å². The number of nitrogens with one attached hydrogen (secondary N) is 1. The maximum atomic E-state index is 12.6. The molecule has 1 aromatic heterocycles. The highest BCUT2D eigenvalue weighted by Gasteiger charge is 2.23. The molecule has 1 saturated carbocycles. The summed E-state index contributed by atoms with van der Waals surface area (Å²) in [5.41, 5.74) is 7.94. The smallest absolute Gasteiger partial charge is 0.269 e. The Balaban J connectivity index is 1.88. The molecular formula is C16H17N3O3S. The van der Waals surface area contributed by atoms with Gasteiger partial charge in [-0.3, -0.25) is 14.9 Å². The second-order valence-corrected chi connectivity index (χ2v) is 6.56. The molecule has 2 aromatic rings. The number of nitro groups is 1. The van der Waals surface area contributed by atoms with Crippen LogP contribution in [0.5, 0.6) is 0 Å². The number of hydrogen-bond acceptors (Lipinski definition) is 5. The normalized spacial score (nSPS) is 14.8. The summed E-state index contributed by atoms with van der Waals surface area (Å²) in [5.74, 6) is -0.163. The fraction of sp³-hybridized carbons (Fsp3) is 0.312. The lowest BCUT2D eigenvalue weighted by atomic mass is 10.0. The fourth-order valence-corrected chi connectivity index (χ4v) is 3.73. The second-order valence-electron chi connectivity index (χ2n) is 5.65. The number of non-ortho nitro benzene ring substituents is 1. The van der Waals surface area contributed by atoms with E-state index in [0.717, 1.165) is 36.8 Å². The Labute approximate surface area is 137 Å². The van der Waals surface area contributed by atoms with E-state index in [1.807, 2.05) is 5.38 Å². The number of nitro benzene ring substituents is 1. The number of nitrogens with zero attached hydrogens (tertiary/aromatic N) is 1. The predicted octanol–water partition coefficient (Wildman–Crippen LogP) is 3.58. The number of nitrogen functional groups attached to an aromatic ring is 1. The Hall–Kier alpha value is -2.41. The summed E-state index contributed by atoms with van der Waals surface area (Å²) in [4.78, 5) is 22.9. The highest BCUT2D eigenvalue weighted by Crippen LogP contribution is 2.34. The molecule has 3 N–H and O–H groups in total. The van der Waals surface area contributed by atoms with Gasteiger partial charge in [0.05, 0.1) is 15.5 Å². The summed E-state index contributed by atoms with van der Waals surface area (Å²) >= 11 is 1.31. The van der Waals surface area contributed by atoms with Crippen molar-refractivity contribution in [2.45, 2.75) is 31.7 Å². The third kappa shape index (κ3) is 3.19. The zero-order valence-electron chi connectivity index (χ0n) is 12.5. The van der Waals surface area contributed by atoms with Gasteiger partial charge in [-0.05, 0) is 30.5 Å². The first-order valence-electron chi connectivity index (χ1n) is 7.49. The number of thiophene rings is 1. The molecule has 1 amide bonds. The highest BCUT2D eigenvalue weighted by molar-refractivity contribution is 7.15. The van der Waals surface area contributed by atoms with Crippen LogP contribution >= 0.6 is 11.3 Å². The highest BCUT2D eigenvalue weighted by atomic mass is 32.1. The van der Waals surface area contributed by atoms with Gasteiger partial charge in [-0.25, -0.2) is 0 Å². The van der Waals surface area contributed by atoms with Crippen molar-refractivity contribution < 1.29 is 9.72 Å². The monoisotopic (exact) mass is 331 g/mol. The minimum Gasteiger partial charge on any atom is -0.390 e. The van der Waals surface area contributed by atoms with Crippen LogP contribution in [0.25, 0.3) is 11.1 Å². The van der Waals surface area contributed by atoms with E-state index in [-0.39, 0.29) is 17.6 Å². The van der Waals surface area contributed by atoms with Crippen LogP contribution in [0, 0.1) is 10.1 Å². The lowest BCUT2D eigenvalue weighted by molar-refractivity contribution is -0.384. The van der Waals surface area contributed by atoms with Crippen molar-refractivity contribution in [3.8, 4) is 11.1 Å². The van der Waals surface area contributed by atoms with Crippen molar-refractivity contribution in [3.63, 3.8) is 0 Å². The van der Waals surface area contributed by atoms with E-state index >= 15 is 0 Å². The zero-order valence-corrected chi connectivity index (χ0v) is 13.3. The van der Waals surface area contributed by atoms with Crippen LogP contribution in [0.2, 0.25) is 0 Å². The number of carbonyl (C=O) groups excluding carboxylic acids is 1. The van der Waals surface area contributed by atoms with E-state index in [1.165, 1.54) is 23.5 Å². The standard InChI is InChI=1S/C16H17N3O3S/c17-15-14(16(20)18-11-3-1-2-4-11)13(9-23-15)10-5-7-12(8-6-10)19(21)22/h5-9,11H,1-4,17H2,(H,18,20). The second kappa shape index (κ2) is 6.37. The van der Waals surface area contributed by atoms with E-state index in [0.29, 0.717) is 10.6 Å². The first kappa shape index (κ1) is 15.5. The van der Waals surface area contributed by atoms with Crippen molar-refractivity contribution in [2.75, 3.05) is 5.73 Å². The predicted molar refractivity (Wildman–Crippen MR) is 90.5 cm³/mol. The average Bonchev–Trinajstić information content (AvgIpc) is 3.16. The lowest BCUT2D eigenvalue weighted by Crippen LogP contribution is -2.33. The molecule has 0 unspecified atom stereocenters. The number of carbonyl (C=O) groups is 1. The zero-order chi connectivity index (χ0) is 16.4. The first-order chi connectivity index (χ1) is 11.1. The molecule has 23 heavy (non-hydrogen) atoms. The number of hydrogen-bond donors (Lipinski definition) is 2. The summed E-state index contributed by atoms with van der Waals surface area (Å²) in [7, 11) is 0. The Morgan fingerprint density at radius 2 is 1.91 bits per heavy atom. The SMILES string of the molecule is Nc1scc(-c2ccc([N+](=O)[O-])cc2)c1C(=O)NC1CCCC1. The van der Waals surface area contributed by atoms with Crippen LogP contribution in [-0.2, 0) is 0 Å². The van der Waals surface area contributed by atoms with Gasteiger partial charge in [0, 0.05) is 29.1 Å². The van der Waals surface area contributed by atoms with Crippen molar-refractivity contribution in [2.24, 2.45) is 0 Å². The fourth-order valence-electron chi connectivity index (χ4n) is 2.91. The summed E-state index contributed by atoms with van der Waals surface area (Å²) in [6.07, 6.45) is 4.28. The van der Waals surface area contributed by atoms with Crippen molar-refractivity contribution in [3.05, 3.63) is 45.3 Å². The minimum absolute atomic E-state index is 0.0221. The van der Waals surface area contributed by atoms with E-state index in [9.17, 15) is 14.9 Å². The largest absolute Gasteiger partial charge is 0.390 e. The molecule has 0 spiro atoms. The van der Waals surface area contributed by atoms with E-state index in [1.54, 1.807) is 12.1 Å². The molecule has 1 aliphatic rings. The molecule has 1 aliphatic carbocycles. The molecule has 0 atom stereocenters. The molecule has 0 radical (unpaired) electrons. The molecular weight excluding hydrogens is 314 g/mol. The van der Waals surface area contributed by atoms with Crippen LogP contribution < -0.4 is 11.1 Å². The Morgan fingerprint density at radius 3 is 2.52 bits per heavy atom. The van der Waals surface area contributed by atoms with E-state index in [4.69, 9.17) is 5.73 Å². The molecule has 7 heteroatoms. The van der Waals surface area contributed by atoms with Gasteiger partial charge in [-0.15, -0.1) is 11.3 Å². The third-order valence-corrected chi connectivity index (χ3v) is 4.94. The summed E-state index contributed by atoms with van der Waals surface area (Å²) in [6, 6.07) is 6.37. The van der Waals surface area contributed by atoms with Gasteiger partial charge in [0.1, 0.15) is 0 Å². The van der Waals surface area contributed by atoms with Gasteiger partial charge in [0.15, 0.2) is 0 Å². The molecule has 1 aromatic carbocycles. The van der Waals surface area contributed by atoms with Crippen LogP contribution in [0.3, 0.4) is 0 Å². The molecule has 1 fully saturated rings. The average molecular weight is 331 g/mol. The first-order valence-corrected chi connectivity index (χ1v) is 8.37. The van der Waals surface area contributed by atoms with Crippen LogP contribution in [0.4, 0.5) is 10.7 Å². The lowest BCUT2D eigenvalue weighted by Gasteiger charge is -2.13. The van der Waals surface area contributed by atoms with Gasteiger partial charge in [-0.1, -0.05) is 12.8 Å². The van der Waals surface area contributed by atoms with Crippen LogP contribution in [0.1, 0.15) is 36.0 Å². The Bertz CT molecular complexity index is 734.